The highest BCUT2D eigenvalue weighted by Crippen LogP contribution is 2.39. The third-order valence-corrected chi connectivity index (χ3v) is 6.48. The largest absolute Gasteiger partial charge is 0.352 e. The molecule has 1 saturated heterocycles. The number of benzene rings is 1. The molecule has 3 aromatic rings. The minimum absolute atomic E-state index is 0.0184. The van der Waals surface area contributed by atoms with E-state index >= 15 is 0 Å². The highest BCUT2D eigenvalue weighted by Gasteiger charge is 2.40. The first kappa shape index (κ1) is 21.8. The molecule has 1 N–H and O–H groups in total. The number of nitrogens with one attached hydrogen (secondary N) is 1. The van der Waals surface area contributed by atoms with Crippen molar-refractivity contribution in [1.29, 1.82) is 0 Å². The van der Waals surface area contributed by atoms with Crippen LogP contribution >= 0.6 is 23.8 Å². The van der Waals surface area contributed by atoms with Crippen LogP contribution in [0.5, 0.6) is 0 Å². The van der Waals surface area contributed by atoms with Gasteiger partial charge in [0, 0.05) is 35.3 Å². The average molecular weight is 454 g/mol. The molecule has 2 atom stereocenters. The number of nitrogens with zero attached hydrogens (tertiary/aromatic N) is 4. The molecule has 0 spiro atoms. The predicted octanol–water partition coefficient (Wildman–Crippen LogP) is 4.76. The normalized spacial score (nSPS) is 18.6. The van der Waals surface area contributed by atoms with E-state index in [4.69, 9.17) is 23.8 Å². The zero-order valence-electron chi connectivity index (χ0n) is 18.1. The molecule has 1 aliphatic rings. The van der Waals surface area contributed by atoms with Crippen LogP contribution in [-0.2, 0) is 0 Å². The molecule has 162 valence electrons. The Morgan fingerprint density at radius 2 is 2.00 bits per heavy atom. The van der Waals surface area contributed by atoms with Gasteiger partial charge < -0.3 is 19.7 Å². The summed E-state index contributed by atoms with van der Waals surface area (Å²) in [6.07, 6.45) is 4.97. The maximum absolute atomic E-state index is 6.28. The molecule has 4 rings (SSSR count). The van der Waals surface area contributed by atoms with Gasteiger partial charge in [-0.25, -0.2) is 0 Å². The third-order valence-electron chi connectivity index (χ3n) is 5.71. The third kappa shape index (κ3) is 4.61. The number of aryl methyl sites for hydroxylation is 1. The fourth-order valence-electron chi connectivity index (χ4n) is 4.17. The molecule has 0 amide bonds. The first-order chi connectivity index (χ1) is 15.0. The van der Waals surface area contributed by atoms with Crippen molar-refractivity contribution in [2.75, 3.05) is 27.2 Å². The van der Waals surface area contributed by atoms with E-state index in [1.165, 1.54) is 5.69 Å². The number of rotatable bonds is 7. The number of thiocarbonyl (C=S) groups is 1. The van der Waals surface area contributed by atoms with Crippen LogP contribution in [0.15, 0.2) is 60.9 Å². The van der Waals surface area contributed by atoms with Gasteiger partial charge in [-0.05, 0) is 94.2 Å². The van der Waals surface area contributed by atoms with Crippen LogP contribution in [-0.4, -0.2) is 51.6 Å². The van der Waals surface area contributed by atoms with Crippen molar-refractivity contribution in [2.45, 2.75) is 25.4 Å². The maximum atomic E-state index is 6.28. The summed E-state index contributed by atoms with van der Waals surface area (Å²) in [7, 11) is 4.20. The summed E-state index contributed by atoms with van der Waals surface area (Å²) in [5, 5.41) is 5.10. The fourth-order valence-corrected chi connectivity index (χ4v) is 4.62. The lowest BCUT2D eigenvalue weighted by Gasteiger charge is -2.29. The highest BCUT2D eigenvalue weighted by molar-refractivity contribution is 7.80. The van der Waals surface area contributed by atoms with Gasteiger partial charge >= 0.3 is 0 Å². The van der Waals surface area contributed by atoms with E-state index in [1.54, 1.807) is 0 Å². The molecule has 3 heterocycles. The van der Waals surface area contributed by atoms with Crippen LogP contribution in [0.1, 0.15) is 35.5 Å². The number of aromatic nitrogens is 2. The molecule has 1 aliphatic heterocycles. The Labute approximate surface area is 194 Å². The minimum atomic E-state index is -0.0184. The van der Waals surface area contributed by atoms with Crippen LogP contribution in [0.25, 0.3) is 5.69 Å². The monoisotopic (exact) mass is 453 g/mol. The van der Waals surface area contributed by atoms with E-state index in [0.717, 1.165) is 46.6 Å². The first-order valence-electron chi connectivity index (χ1n) is 10.5. The summed E-state index contributed by atoms with van der Waals surface area (Å²) < 4.78 is 2.23. The summed E-state index contributed by atoms with van der Waals surface area (Å²) in [5.41, 5.74) is 4.32. The van der Waals surface area contributed by atoms with Crippen molar-refractivity contribution in [3.63, 3.8) is 0 Å². The van der Waals surface area contributed by atoms with Gasteiger partial charge in [0.15, 0.2) is 5.11 Å². The Bertz CT molecular complexity index is 1050. The SMILES string of the molecule is Cc1cc(-n2cccc2[C@H]2[C@@H](c3ccccn3)NC(=S)N2CCCN(C)C)ccc1Cl. The summed E-state index contributed by atoms with van der Waals surface area (Å²) in [4.78, 5) is 9.16. The second kappa shape index (κ2) is 9.39. The van der Waals surface area contributed by atoms with Crippen LogP contribution in [0.2, 0.25) is 5.02 Å². The number of hydrogen-bond donors (Lipinski definition) is 1. The van der Waals surface area contributed by atoms with Crippen molar-refractivity contribution in [2.24, 2.45) is 0 Å². The van der Waals surface area contributed by atoms with Gasteiger partial charge in [0.2, 0.25) is 0 Å². The van der Waals surface area contributed by atoms with E-state index < -0.39 is 0 Å². The standard InChI is InChI=1S/C24H28ClN5S/c1-17-16-18(10-11-19(17)25)29-14-6-9-21(29)23-22(20-8-4-5-12-26-20)27-24(31)30(23)15-7-13-28(2)3/h4-6,8-12,14,16,22-23H,7,13,15H2,1-3H3,(H,27,31)/t22-,23+/m1/s1. The number of hydrogen-bond acceptors (Lipinski definition) is 3. The van der Waals surface area contributed by atoms with Crippen molar-refractivity contribution in [3.8, 4) is 5.69 Å². The Morgan fingerprint density at radius 3 is 2.71 bits per heavy atom. The predicted molar refractivity (Wildman–Crippen MR) is 131 cm³/mol. The zero-order valence-corrected chi connectivity index (χ0v) is 19.7. The van der Waals surface area contributed by atoms with Gasteiger partial charge in [-0.3, -0.25) is 4.98 Å². The van der Waals surface area contributed by atoms with Gasteiger partial charge in [-0.1, -0.05) is 17.7 Å². The van der Waals surface area contributed by atoms with Gasteiger partial charge in [0.1, 0.15) is 0 Å². The molecule has 31 heavy (non-hydrogen) atoms. The molecule has 1 fully saturated rings. The summed E-state index contributed by atoms with van der Waals surface area (Å²) in [6.45, 7) is 3.92. The molecule has 0 aliphatic carbocycles. The number of pyridine rings is 1. The summed E-state index contributed by atoms with van der Waals surface area (Å²) >= 11 is 12.1. The minimum Gasteiger partial charge on any atom is -0.352 e. The fraction of sp³-hybridized carbons (Fsp3) is 0.333. The molecule has 7 heteroatoms. The highest BCUT2D eigenvalue weighted by atomic mass is 35.5. The van der Waals surface area contributed by atoms with Gasteiger partial charge in [0.25, 0.3) is 0 Å². The van der Waals surface area contributed by atoms with E-state index in [0.29, 0.717) is 0 Å². The van der Waals surface area contributed by atoms with Crippen LogP contribution in [0.4, 0.5) is 0 Å². The van der Waals surface area contributed by atoms with Crippen LogP contribution < -0.4 is 5.32 Å². The Morgan fingerprint density at radius 1 is 1.16 bits per heavy atom. The van der Waals surface area contributed by atoms with E-state index in [9.17, 15) is 0 Å². The van der Waals surface area contributed by atoms with Crippen molar-refractivity contribution >= 4 is 28.9 Å². The topological polar surface area (TPSA) is 36.3 Å². The second-order valence-corrected chi connectivity index (χ2v) is 9.01. The molecule has 1 aromatic carbocycles. The lowest BCUT2D eigenvalue weighted by atomic mass is 10.0. The van der Waals surface area contributed by atoms with Crippen LogP contribution in [0, 0.1) is 6.92 Å². The number of halogens is 1. The van der Waals surface area contributed by atoms with Gasteiger partial charge in [-0.15, -0.1) is 0 Å². The molecule has 5 nitrogen and oxygen atoms in total. The van der Waals surface area contributed by atoms with Gasteiger partial charge in [-0.2, -0.15) is 0 Å². The first-order valence-corrected chi connectivity index (χ1v) is 11.3. The van der Waals surface area contributed by atoms with Gasteiger partial charge in [0.05, 0.1) is 17.8 Å². The lowest BCUT2D eigenvalue weighted by molar-refractivity contribution is 0.286. The van der Waals surface area contributed by atoms with Crippen molar-refractivity contribution in [1.82, 2.24) is 24.7 Å². The molecule has 0 saturated carbocycles. The van der Waals surface area contributed by atoms with E-state index in [-0.39, 0.29) is 12.1 Å². The smallest absolute Gasteiger partial charge is 0.170 e. The lowest BCUT2D eigenvalue weighted by Crippen LogP contribution is -2.33. The zero-order chi connectivity index (χ0) is 22.0. The Balaban J connectivity index is 1.74. The second-order valence-electron chi connectivity index (χ2n) is 8.21. The van der Waals surface area contributed by atoms with Crippen molar-refractivity contribution in [3.05, 3.63) is 82.9 Å². The average Bonchev–Trinajstić information content (AvgIpc) is 3.35. The van der Waals surface area contributed by atoms with E-state index in [1.807, 2.05) is 31.3 Å². The Hall–Kier alpha value is -2.41. The van der Waals surface area contributed by atoms with Crippen LogP contribution in [0.3, 0.4) is 0 Å². The Kier molecular flexibility index (Phi) is 6.60. The molecule has 0 unspecified atom stereocenters. The van der Waals surface area contributed by atoms with Crippen molar-refractivity contribution < 1.29 is 0 Å². The molecule has 2 aromatic heterocycles. The molecular weight excluding hydrogens is 426 g/mol. The molecule has 0 radical (unpaired) electrons. The van der Waals surface area contributed by atoms with E-state index in [2.05, 4.69) is 75.3 Å². The molecular formula is C24H28ClN5S. The summed E-state index contributed by atoms with van der Waals surface area (Å²) in [5.74, 6) is 0. The summed E-state index contributed by atoms with van der Waals surface area (Å²) in [6, 6.07) is 16.5. The maximum Gasteiger partial charge on any atom is 0.170 e. The molecule has 0 bridgehead atoms. The quantitative estimate of drug-likeness (QED) is 0.522.